The van der Waals surface area contributed by atoms with Crippen LogP contribution in [0.5, 0.6) is 0 Å². The van der Waals surface area contributed by atoms with Crippen LogP contribution in [0, 0.1) is 0 Å². The Morgan fingerprint density at radius 2 is 2.08 bits per heavy atom. The Hall–Kier alpha value is -3.15. The van der Waals surface area contributed by atoms with Gasteiger partial charge in [-0.15, -0.1) is 0 Å². The summed E-state index contributed by atoms with van der Waals surface area (Å²) in [6, 6.07) is 11.8. The molecule has 126 valence electrons. The molecule has 2 aromatic heterocycles. The first-order valence-corrected chi connectivity index (χ1v) is 8.23. The minimum atomic E-state index is -0.114. The fourth-order valence-corrected chi connectivity index (χ4v) is 3.31. The third kappa shape index (κ3) is 3.10. The number of aryl methyl sites for hydroxylation is 1. The summed E-state index contributed by atoms with van der Waals surface area (Å²) in [4.78, 5) is 18.6. The van der Waals surface area contributed by atoms with Crippen LogP contribution in [0.15, 0.2) is 61.2 Å². The number of anilines is 1. The summed E-state index contributed by atoms with van der Waals surface area (Å²) >= 11 is 0. The highest BCUT2D eigenvalue weighted by molar-refractivity contribution is 5.89. The summed E-state index contributed by atoms with van der Waals surface area (Å²) in [5, 5.41) is 7.22. The van der Waals surface area contributed by atoms with Crippen molar-refractivity contribution in [2.24, 2.45) is 7.05 Å². The average Bonchev–Trinajstić information content (AvgIpc) is 3.08. The second kappa shape index (κ2) is 6.39. The fourth-order valence-electron chi connectivity index (χ4n) is 3.31. The third-order valence-electron chi connectivity index (χ3n) is 4.52. The van der Waals surface area contributed by atoms with E-state index in [4.69, 9.17) is 0 Å². The van der Waals surface area contributed by atoms with Crippen LogP contribution in [0.4, 0.5) is 10.5 Å². The lowest BCUT2D eigenvalue weighted by molar-refractivity contribution is 0.203. The molecule has 0 spiro atoms. The monoisotopic (exact) mass is 333 g/mol. The Bertz CT molecular complexity index is 890. The van der Waals surface area contributed by atoms with E-state index in [0.29, 0.717) is 18.8 Å². The van der Waals surface area contributed by atoms with Gasteiger partial charge in [-0.3, -0.25) is 9.67 Å². The quantitative estimate of drug-likeness (QED) is 0.784. The predicted molar refractivity (Wildman–Crippen MR) is 95.2 cm³/mol. The van der Waals surface area contributed by atoms with Crippen LogP contribution in [0.2, 0.25) is 0 Å². The molecule has 0 radical (unpaired) electrons. The molecule has 4 rings (SSSR count). The minimum absolute atomic E-state index is 0.114. The third-order valence-corrected chi connectivity index (χ3v) is 4.52. The Labute approximate surface area is 146 Å². The standard InChI is InChI=1S/C19H19N5O/c1-23-11-15(9-21-23)18-13-24(12-14-5-2-3-7-17(14)18)19(25)22-16-6-4-8-20-10-16/h2-11,18H,12-13H2,1H3,(H,22,25). The van der Waals surface area contributed by atoms with Gasteiger partial charge in [0, 0.05) is 38.4 Å². The average molecular weight is 333 g/mol. The molecule has 25 heavy (non-hydrogen) atoms. The lowest BCUT2D eigenvalue weighted by Gasteiger charge is -2.34. The molecule has 0 bridgehead atoms. The Morgan fingerprint density at radius 1 is 1.20 bits per heavy atom. The predicted octanol–water partition coefficient (Wildman–Crippen LogP) is 2.99. The highest BCUT2D eigenvalue weighted by atomic mass is 16.2. The normalized spacial score (nSPS) is 16.4. The summed E-state index contributed by atoms with van der Waals surface area (Å²) in [5.74, 6) is 0.123. The van der Waals surface area contributed by atoms with Crippen LogP contribution < -0.4 is 5.32 Å². The van der Waals surface area contributed by atoms with Crippen LogP contribution in [-0.2, 0) is 13.6 Å². The van der Waals surface area contributed by atoms with Crippen molar-refractivity contribution in [1.29, 1.82) is 0 Å². The highest BCUT2D eigenvalue weighted by Crippen LogP contribution is 2.33. The van der Waals surface area contributed by atoms with Crippen LogP contribution in [0.3, 0.4) is 0 Å². The minimum Gasteiger partial charge on any atom is -0.319 e. The molecule has 1 aliphatic rings. The van der Waals surface area contributed by atoms with Gasteiger partial charge in [0.05, 0.1) is 18.1 Å². The van der Waals surface area contributed by atoms with Gasteiger partial charge in [0.25, 0.3) is 0 Å². The second-order valence-electron chi connectivity index (χ2n) is 6.25. The van der Waals surface area contributed by atoms with Gasteiger partial charge in [-0.05, 0) is 28.8 Å². The van der Waals surface area contributed by atoms with Gasteiger partial charge in [-0.1, -0.05) is 24.3 Å². The van der Waals surface area contributed by atoms with Crippen LogP contribution in [0.25, 0.3) is 0 Å². The molecule has 0 aliphatic carbocycles. The summed E-state index contributed by atoms with van der Waals surface area (Å²) in [7, 11) is 1.91. The second-order valence-corrected chi connectivity index (χ2v) is 6.25. The summed E-state index contributed by atoms with van der Waals surface area (Å²) < 4.78 is 1.80. The first-order chi connectivity index (χ1) is 12.2. The summed E-state index contributed by atoms with van der Waals surface area (Å²) in [6.07, 6.45) is 7.23. The summed E-state index contributed by atoms with van der Waals surface area (Å²) in [6.45, 7) is 1.22. The zero-order chi connectivity index (χ0) is 17.2. The number of rotatable bonds is 2. The maximum Gasteiger partial charge on any atom is 0.322 e. The molecule has 2 amide bonds. The van der Waals surface area contributed by atoms with Gasteiger partial charge in [0.1, 0.15) is 0 Å². The molecule has 3 aromatic rings. The number of aromatic nitrogens is 3. The lowest BCUT2D eigenvalue weighted by atomic mass is 9.86. The first kappa shape index (κ1) is 15.4. The number of nitrogens with one attached hydrogen (secondary N) is 1. The number of fused-ring (bicyclic) bond motifs is 1. The molecule has 1 aromatic carbocycles. The van der Waals surface area contributed by atoms with Crippen molar-refractivity contribution in [3.05, 3.63) is 77.9 Å². The van der Waals surface area contributed by atoms with E-state index in [-0.39, 0.29) is 11.9 Å². The highest BCUT2D eigenvalue weighted by Gasteiger charge is 2.29. The smallest absolute Gasteiger partial charge is 0.319 e. The van der Waals surface area contributed by atoms with E-state index in [1.807, 2.05) is 42.5 Å². The maximum atomic E-state index is 12.7. The number of amides is 2. The Balaban J connectivity index is 1.62. The molecular weight excluding hydrogens is 314 g/mol. The van der Waals surface area contributed by atoms with Gasteiger partial charge in [0.2, 0.25) is 0 Å². The number of hydrogen-bond acceptors (Lipinski definition) is 3. The van der Waals surface area contributed by atoms with Crippen molar-refractivity contribution >= 4 is 11.7 Å². The molecule has 1 aliphatic heterocycles. The SMILES string of the molecule is Cn1cc(C2CN(C(=O)Nc3cccnc3)Cc3ccccc32)cn1. The Kier molecular flexibility index (Phi) is 3.93. The molecule has 0 fully saturated rings. The summed E-state index contributed by atoms with van der Waals surface area (Å²) in [5.41, 5.74) is 4.25. The van der Waals surface area contributed by atoms with Crippen molar-refractivity contribution in [2.75, 3.05) is 11.9 Å². The molecule has 6 heteroatoms. The lowest BCUT2D eigenvalue weighted by Crippen LogP contribution is -2.41. The number of pyridine rings is 1. The van der Waals surface area contributed by atoms with Gasteiger partial charge >= 0.3 is 6.03 Å². The van der Waals surface area contributed by atoms with Crippen molar-refractivity contribution in [2.45, 2.75) is 12.5 Å². The van der Waals surface area contributed by atoms with E-state index in [2.05, 4.69) is 27.5 Å². The van der Waals surface area contributed by atoms with Crippen molar-refractivity contribution in [1.82, 2.24) is 19.7 Å². The first-order valence-electron chi connectivity index (χ1n) is 8.23. The molecule has 6 nitrogen and oxygen atoms in total. The van der Waals surface area contributed by atoms with Crippen LogP contribution >= 0.6 is 0 Å². The fraction of sp³-hybridized carbons (Fsp3) is 0.211. The molecule has 1 N–H and O–H groups in total. The van der Waals surface area contributed by atoms with Gasteiger partial charge in [0.15, 0.2) is 0 Å². The topological polar surface area (TPSA) is 63.1 Å². The molecule has 0 saturated heterocycles. The molecule has 1 atom stereocenters. The van der Waals surface area contributed by atoms with Crippen LogP contribution in [0.1, 0.15) is 22.6 Å². The van der Waals surface area contributed by atoms with E-state index in [1.165, 1.54) is 11.1 Å². The molecule has 1 unspecified atom stereocenters. The Morgan fingerprint density at radius 3 is 2.84 bits per heavy atom. The number of urea groups is 1. The number of nitrogens with zero attached hydrogens (tertiary/aromatic N) is 4. The van der Waals surface area contributed by atoms with E-state index >= 15 is 0 Å². The van der Waals surface area contributed by atoms with Gasteiger partial charge < -0.3 is 10.2 Å². The van der Waals surface area contributed by atoms with E-state index in [9.17, 15) is 4.79 Å². The van der Waals surface area contributed by atoms with Gasteiger partial charge in [-0.25, -0.2) is 4.79 Å². The van der Waals surface area contributed by atoms with E-state index in [0.717, 1.165) is 5.56 Å². The zero-order valence-corrected chi connectivity index (χ0v) is 14.0. The number of hydrogen-bond donors (Lipinski definition) is 1. The zero-order valence-electron chi connectivity index (χ0n) is 14.0. The number of carbonyl (C=O) groups excluding carboxylic acids is 1. The van der Waals surface area contributed by atoms with Gasteiger partial charge in [-0.2, -0.15) is 5.10 Å². The number of carbonyl (C=O) groups is 1. The van der Waals surface area contributed by atoms with Crippen molar-refractivity contribution in [3.63, 3.8) is 0 Å². The van der Waals surface area contributed by atoms with Crippen molar-refractivity contribution in [3.8, 4) is 0 Å². The van der Waals surface area contributed by atoms with Crippen molar-refractivity contribution < 1.29 is 4.79 Å². The largest absolute Gasteiger partial charge is 0.322 e. The van der Waals surface area contributed by atoms with Crippen LogP contribution in [-0.4, -0.2) is 32.2 Å². The maximum absolute atomic E-state index is 12.7. The van der Waals surface area contributed by atoms with E-state index in [1.54, 1.807) is 23.1 Å². The van der Waals surface area contributed by atoms with E-state index < -0.39 is 0 Å². The molecule has 0 saturated carbocycles. The molecular formula is C19H19N5O. The number of benzene rings is 1. The molecule has 3 heterocycles.